The van der Waals surface area contributed by atoms with Crippen molar-refractivity contribution in [3.05, 3.63) is 22.7 Å². The molecule has 0 saturated carbocycles. The van der Waals surface area contributed by atoms with Gasteiger partial charge in [0.15, 0.2) is 0 Å². The van der Waals surface area contributed by atoms with Crippen LogP contribution >= 0.6 is 15.9 Å². The van der Waals surface area contributed by atoms with E-state index in [1.165, 1.54) is 17.5 Å². The normalized spacial score (nSPS) is 21.2. The second-order valence-electron chi connectivity index (χ2n) is 4.10. The Morgan fingerprint density at radius 1 is 1.50 bits per heavy atom. The zero-order chi connectivity index (χ0) is 13.3. The van der Waals surface area contributed by atoms with Gasteiger partial charge < -0.3 is 9.84 Å². The van der Waals surface area contributed by atoms with E-state index in [0.717, 1.165) is 0 Å². The summed E-state index contributed by atoms with van der Waals surface area (Å²) in [5.74, 6) is 0.305. The third kappa shape index (κ3) is 2.54. The van der Waals surface area contributed by atoms with E-state index in [0.29, 0.717) is 23.2 Å². The van der Waals surface area contributed by atoms with Crippen LogP contribution in [0.1, 0.15) is 6.42 Å². The van der Waals surface area contributed by atoms with Gasteiger partial charge in [-0.1, -0.05) is 15.9 Å². The lowest BCUT2D eigenvalue weighted by Crippen LogP contribution is -2.30. The molecule has 0 aliphatic carbocycles. The summed E-state index contributed by atoms with van der Waals surface area (Å²) >= 11 is 3.25. The molecule has 1 atom stereocenters. The number of benzene rings is 1. The molecule has 1 N–H and O–H groups in total. The van der Waals surface area contributed by atoms with E-state index in [2.05, 4.69) is 15.9 Å². The molecule has 1 aliphatic rings. The molecule has 18 heavy (non-hydrogen) atoms. The minimum Gasteiger partial charge on any atom is -0.495 e. The van der Waals surface area contributed by atoms with Crippen LogP contribution in [0.4, 0.5) is 0 Å². The molecule has 0 radical (unpaired) electrons. The molecular weight excluding hydrogens is 322 g/mol. The van der Waals surface area contributed by atoms with Crippen molar-refractivity contribution in [3.63, 3.8) is 0 Å². The summed E-state index contributed by atoms with van der Waals surface area (Å²) in [5, 5.41) is 9.44. The van der Waals surface area contributed by atoms with Crippen LogP contribution < -0.4 is 4.74 Å². The number of methoxy groups -OCH3 is 1. The average Bonchev–Trinajstić information content (AvgIpc) is 2.76. The van der Waals surface area contributed by atoms with Crippen molar-refractivity contribution in [2.24, 2.45) is 0 Å². The topological polar surface area (TPSA) is 66.8 Å². The summed E-state index contributed by atoms with van der Waals surface area (Å²) in [6.45, 7) is 0.469. The van der Waals surface area contributed by atoms with Gasteiger partial charge in [0, 0.05) is 17.6 Å². The maximum absolute atomic E-state index is 12.4. The standard InChI is InChI=1S/C11H14BrNO4S/c1-17-10-3-2-8(12)6-11(10)18(15,16)13-5-4-9(14)7-13/h2-3,6,9,14H,4-5,7H2,1H3. The van der Waals surface area contributed by atoms with Crippen molar-refractivity contribution in [1.82, 2.24) is 4.31 Å². The summed E-state index contributed by atoms with van der Waals surface area (Å²) in [6, 6.07) is 4.83. The first-order chi connectivity index (χ1) is 8.45. The van der Waals surface area contributed by atoms with Gasteiger partial charge in [0.25, 0.3) is 0 Å². The fraction of sp³-hybridized carbons (Fsp3) is 0.455. The van der Waals surface area contributed by atoms with Gasteiger partial charge in [0.2, 0.25) is 10.0 Å². The SMILES string of the molecule is COc1ccc(Br)cc1S(=O)(=O)N1CCC(O)C1. The van der Waals surface area contributed by atoms with E-state index >= 15 is 0 Å². The van der Waals surface area contributed by atoms with Crippen LogP contribution in [0.2, 0.25) is 0 Å². The van der Waals surface area contributed by atoms with Gasteiger partial charge in [-0.25, -0.2) is 8.42 Å². The van der Waals surface area contributed by atoms with Gasteiger partial charge >= 0.3 is 0 Å². The molecule has 1 aliphatic heterocycles. The van der Waals surface area contributed by atoms with Crippen LogP contribution in [0.5, 0.6) is 5.75 Å². The van der Waals surface area contributed by atoms with Gasteiger partial charge in [-0.15, -0.1) is 0 Å². The Hall–Kier alpha value is -0.630. The second kappa shape index (κ2) is 5.16. The number of rotatable bonds is 3. The molecule has 0 spiro atoms. The molecule has 1 heterocycles. The lowest BCUT2D eigenvalue weighted by Gasteiger charge is -2.17. The number of halogens is 1. The molecule has 0 aromatic heterocycles. The van der Waals surface area contributed by atoms with Crippen LogP contribution in [0.15, 0.2) is 27.6 Å². The minimum atomic E-state index is -3.62. The molecule has 2 rings (SSSR count). The quantitative estimate of drug-likeness (QED) is 0.901. The first-order valence-electron chi connectivity index (χ1n) is 5.47. The zero-order valence-electron chi connectivity index (χ0n) is 9.84. The number of aliphatic hydroxyl groups excluding tert-OH is 1. The Kier molecular flexibility index (Phi) is 3.96. The van der Waals surface area contributed by atoms with Crippen LogP contribution in [-0.2, 0) is 10.0 Å². The van der Waals surface area contributed by atoms with Crippen molar-refractivity contribution in [3.8, 4) is 5.75 Å². The number of ether oxygens (including phenoxy) is 1. The maximum Gasteiger partial charge on any atom is 0.246 e. The molecule has 1 unspecified atom stereocenters. The summed E-state index contributed by atoms with van der Waals surface area (Å²) in [4.78, 5) is 0.119. The van der Waals surface area contributed by atoms with E-state index in [-0.39, 0.29) is 11.4 Å². The monoisotopic (exact) mass is 335 g/mol. The maximum atomic E-state index is 12.4. The van der Waals surface area contributed by atoms with Crippen molar-refractivity contribution in [1.29, 1.82) is 0 Å². The Labute approximate surface area is 115 Å². The molecule has 7 heteroatoms. The predicted molar refractivity (Wildman–Crippen MR) is 70.1 cm³/mol. The fourth-order valence-electron chi connectivity index (χ4n) is 1.92. The van der Waals surface area contributed by atoms with Crippen LogP contribution in [-0.4, -0.2) is 44.1 Å². The van der Waals surface area contributed by atoms with Gasteiger partial charge in [0.1, 0.15) is 10.6 Å². The highest BCUT2D eigenvalue weighted by molar-refractivity contribution is 9.10. The first kappa shape index (κ1) is 13.8. The zero-order valence-corrected chi connectivity index (χ0v) is 12.2. The molecule has 1 aromatic rings. The third-order valence-electron chi connectivity index (χ3n) is 2.87. The number of nitrogens with zero attached hydrogens (tertiary/aromatic N) is 1. The summed E-state index contributed by atoms with van der Waals surface area (Å²) in [5.41, 5.74) is 0. The summed E-state index contributed by atoms with van der Waals surface area (Å²) < 4.78 is 31.9. The number of hydrogen-bond acceptors (Lipinski definition) is 4. The summed E-state index contributed by atoms with van der Waals surface area (Å²) in [6.07, 6.45) is -0.117. The third-order valence-corrected chi connectivity index (χ3v) is 5.25. The van der Waals surface area contributed by atoms with Crippen molar-refractivity contribution >= 4 is 26.0 Å². The van der Waals surface area contributed by atoms with Gasteiger partial charge in [0.05, 0.1) is 13.2 Å². The highest BCUT2D eigenvalue weighted by Crippen LogP contribution is 2.31. The Balaban J connectivity index is 2.43. The van der Waals surface area contributed by atoms with E-state index in [9.17, 15) is 13.5 Å². The smallest absolute Gasteiger partial charge is 0.246 e. The van der Waals surface area contributed by atoms with E-state index in [1.807, 2.05) is 0 Å². The molecule has 1 aromatic carbocycles. The van der Waals surface area contributed by atoms with Crippen molar-refractivity contribution < 1.29 is 18.3 Å². The molecular formula is C11H14BrNO4S. The van der Waals surface area contributed by atoms with Crippen LogP contribution in [0.25, 0.3) is 0 Å². The number of sulfonamides is 1. The van der Waals surface area contributed by atoms with Crippen LogP contribution in [0, 0.1) is 0 Å². The second-order valence-corrected chi connectivity index (χ2v) is 6.92. The number of β-amino-alcohol motifs (C(OH)–C–C–N with tert-alkyl or cyclic N) is 1. The molecule has 1 saturated heterocycles. The fourth-order valence-corrected chi connectivity index (χ4v) is 4.11. The lowest BCUT2D eigenvalue weighted by atomic mass is 10.3. The predicted octanol–water partition coefficient (Wildman–Crippen LogP) is 1.21. The van der Waals surface area contributed by atoms with Gasteiger partial charge in [-0.2, -0.15) is 4.31 Å². The Morgan fingerprint density at radius 2 is 2.22 bits per heavy atom. The van der Waals surface area contributed by atoms with Gasteiger partial charge in [-0.05, 0) is 24.6 Å². The number of aliphatic hydroxyl groups is 1. The summed E-state index contributed by atoms with van der Waals surface area (Å²) in [7, 11) is -2.19. The number of hydrogen-bond donors (Lipinski definition) is 1. The van der Waals surface area contributed by atoms with Crippen molar-refractivity contribution in [2.45, 2.75) is 17.4 Å². The highest BCUT2D eigenvalue weighted by atomic mass is 79.9. The van der Waals surface area contributed by atoms with E-state index in [1.54, 1.807) is 12.1 Å². The first-order valence-corrected chi connectivity index (χ1v) is 7.70. The molecule has 5 nitrogen and oxygen atoms in total. The average molecular weight is 336 g/mol. The Morgan fingerprint density at radius 3 is 2.78 bits per heavy atom. The van der Waals surface area contributed by atoms with E-state index < -0.39 is 16.1 Å². The van der Waals surface area contributed by atoms with Crippen LogP contribution in [0.3, 0.4) is 0 Å². The molecule has 0 amide bonds. The lowest BCUT2D eigenvalue weighted by molar-refractivity contribution is 0.189. The van der Waals surface area contributed by atoms with Crippen molar-refractivity contribution in [2.75, 3.05) is 20.2 Å². The molecule has 100 valence electrons. The minimum absolute atomic E-state index is 0.119. The Bertz CT molecular complexity index is 546. The molecule has 0 bridgehead atoms. The van der Waals surface area contributed by atoms with E-state index in [4.69, 9.17) is 4.74 Å². The largest absolute Gasteiger partial charge is 0.495 e. The van der Waals surface area contributed by atoms with Gasteiger partial charge in [-0.3, -0.25) is 0 Å². The highest BCUT2D eigenvalue weighted by Gasteiger charge is 2.33. The molecule has 1 fully saturated rings.